The van der Waals surface area contributed by atoms with Gasteiger partial charge in [-0.25, -0.2) is 0 Å². The van der Waals surface area contributed by atoms with Gasteiger partial charge in [-0.3, -0.25) is 0 Å². The molecule has 0 spiro atoms. The molecule has 0 radical (unpaired) electrons. The number of halogens is 1. The van der Waals surface area contributed by atoms with Gasteiger partial charge in [-0.1, -0.05) is 28.9 Å². The molecular weight excluding hydrogens is 250 g/mol. The number of aryl methyl sites for hydroxylation is 1. The zero-order valence-corrected chi connectivity index (χ0v) is 10.9. The van der Waals surface area contributed by atoms with Crippen molar-refractivity contribution in [2.45, 2.75) is 32.6 Å². The van der Waals surface area contributed by atoms with Gasteiger partial charge in [0.25, 0.3) is 0 Å². The Labute approximate surface area is 101 Å². The maximum absolute atomic E-state index is 3.57. The van der Waals surface area contributed by atoms with Gasteiger partial charge in [0.05, 0.1) is 0 Å². The van der Waals surface area contributed by atoms with Crippen molar-refractivity contribution >= 4 is 21.6 Å². The number of rotatable bonds is 2. The van der Waals surface area contributed by atoms with Crippen LogP contribution in [0, 0.1) is 0 Å². The van der Waals surface area contributed by atoms with Crippen molar-refractivity contribution in [3.8, 4) is 0 Å². The monoisotopic (exact) mass is 267 g/mol. The van der Waals surface area contributed by atoms with Gasteiger partial charge in [-0.15, -0.1) is 0 Å². The lowest BCUT2D eigenvalue weighted by Gasteiger charge is -2.30. The minimum absolute atomic E-state index is 1.12. The van der Waals surface area contributed by atoms with Crippen LogP contribution in [-0.4, -0.2) is 13.1 Å². The zero-order chi connectivity index (χ0) is 10.7. The Morgan fingerprint density at radius 1 is 1.20 bits per heavy atom. The van der Waals surface area contributed by atoms with Crippen LogP contribution in [0.15, 0.2) is 22.7 Å². The fraction of sp³-hybridized carbons (Fsp3) is 0.538. The van der Waals surface area contributed by atoms with Gasteiger partial charge >= 0.3 is 0 Å². The topological polar surface area (TPSA) is 3.24 Å². The Kier molecular flexibility index (Phi) is 3.68. The molecule has 0 unspecified atom stereocenters. The van der Waals surface area contributed by atoms with E-state index in [0.29, 0.717) is 0 Å². The molecule has 1 nitrogen and oxygen atoms in total. The lowest BCUT2D eigenvalue weighted by molar-refractivity contribution is 0.576. The molecule has 1 saturated heterocycles. The minimum atomic E-state index is 1.12. The van der Waals surface area contributed by atoms with E-state index in [1.807, 2.05) is 0 Å². The molecule has 1 heterocycles. The number of benzene rings is 1. The van der Waals surface area contributed by atoms with Crippen LogP contribution < -0.4 is 4.90 Å². The third-order valence-electron chi connectivity index (χ3n) is 3.12. The van der Waals surface area contributed by atoms with Crippen LogP contribution in [0.3, 0.4) is 0 Å². The molecule has 1 aromatic rings. The van der Waals surface area contributed by atoms with E-state index in [-0.39, 0.29) is 0 Å². The summed E-state index contributed by atoms with van der Waals surface area (Å²) in [6.45, 7) is 4.68. The Bertz CT molecular complexity index is 329. The van der Waals surface area contributed by atoms with Gasteiger partial charge < -0.3 is 4.90 Å². The first kappa shape index (κ1) is 11.0. The van der Waals surface area contributed by atoms with E-state index in [1.54, 1.807) is 0 Å². The highest BCUT2D eigenvalue weighted by molar-refractivity contribution is 9.10. The van der Waals surface area contributed by atoms with Gasteiger partial charge in [0.1, 0.15) is 0 Å². The van der Waals surface area contributed by atoms with Crippen LogP contribution in [0.25, 0.3) is 0 Å². The first-order valence-corrected chi connectivity index (χ1v) is 6.64. The van der Waals surface area contributed by atoms with Crippen molar-refractivity contribution in [3.05, 3.63) is 28.2 Å². The third-order valence-corrected chi connectivity index (χ3v) is 3.62. The molecule has 0 aromatic heterocycles. The minimum Gasteiger partial charge on any atom is -0.371 e. The van der Waals surface area contributed by atoms with Crippen LogP contribution in [0.1, 0.15) is 31.7 Å². The maximum atomic E-state index is 3.57. The predicted octanol–water partition coefficient (Wildman–Crippen LogP) is 4.00. The second kappa shape index (κ2) is 5.02. The summed E-state index contributed by atoms with van der Waals surface area (Å²) >= 11 is 3.57. The van der Waals surface area contributed by atoms with Gasteiger partial charge in [0.15, 0.2) is 0 Å². The first-order valence-electron chi connectivity index (χ1n) is 5.84. The van der Waals surface area contributed by atoms with E-state index in [0.717, 1.165) is 6.42 Å². The molecule has 0 saturated carbocycles. The van der Waals surface area contributed by atoms with Crippen molar-refractivity contribution in [2.75, 3.05) is 18.0 Å². The molecular formula is C13H18BrN. The lowest BCUT2D eigenvalue weighted by atomic mass is 10.1. The molecule has 82 valence electrons. The van der Waals surface area contributed by atoms with Crippen LogP contribution in [0.5, 0.6) is 0 Å². The lowest BCUT2D eigenvalue weighted by Crippen LogP contribution is -2.30. The number of hydrogen-bond acceptors (Lipinski definition) is 1. The number of anilines is 1. The van der Waals surface area contributed by atoms with Crippen molar-refractivity contribution in [3.63, 3.8) is 0 Å². The largest absolute Gasteiger partial charge is 0.371 e. The zero-order valence-electron chi connectivity index (χ0n) is 9.30. The molecule has 2 rings (SSSR count). The van der Waals surface area contributed by atoms with Gasteiger partial charge in [-0.2, -0.15) is 0 Å². The van der Waals surface area contributed by atoms with E-state index in [1.165, 1.54) is 48.1 Å². The normalized spacial score (nSPS) is 16.8. The smallest absolute Gasteiger partial charge is 0.0409 e. The molecule has 1 aliphatic heterocycles. The fourth-order valence-corrected chi connectivity index (χ4v) is 2.61. The maximum Gasteiger partial charge on any atom is 0.0409 e. The van der Waals surface area contributed by atoms with Crippen LogP contribution in [0.4, 0.5) is 5.69 Å². The Hall–Kier alpha value is -0.500. The Morgan fingerprint density at radius 3 is 2.60 bits per heavy atom. The second-order valence-corrected chi connectivity index (χ2v) is 5.09. The Balaban J connectivity index is 2.27. The highest BCUT2D eigenvalue weighted by atomic mass is 79.9. The molecule has 0 bridgehead atoms. The first-order chi connectivity index (χ1) is 7.31. The average Bonchev–Trinajstić information content (AvgIpc) is 2.30. The quantitative estimate of drug-likeness (QED) is 0.783. The Morgan fingerprint density at radius 2 is 1.93 bits per heavy atom. The van der Waals surface area contributed by atoms with E-state index in [2.05, 4.69) is 46.0 Å². The van der Waals surface area contributed by atoms with E-state index >= 15 is 0 Å². The fourth-order valence-electron chi connectivity index (χ4n) is 2.27. The predicted molar refractivity (Wildman–Crippen MR) is 69.6 cm³/mol. The molecule has 2 heteroatoms. The number of nitrogens with zero attached hydrogens (tertiary/aromatic N) is 1. The summed E-state index contributed by atoms with van der Waals surface area (Å²) in [6, 6.07) is 6.66. The number of piperidine rings is 1. The van der Waals surface area contributed by atoms with Crippen molar-refractivity contribution in [2.24, 2.45) is 0 Å². The highest BCUT2D eigenvalue weighted by Gasteiger charge is 2.13. The summed E-state index contributed by atoms with van der Waals surface area (Å²) in [6.07, 6.45) is 5.20. The van der Waals surface area contributed by atoms with Gasteiger partial charge in [0, 0.05) is 23.2 Å². The molecule has 0 aliphatic carbocycles. The molecule has 0 N–H and O–H groups in total. The van der Waals surface area contributed by atoms with E-state index in [4.69, 9.17) is 0 Å². The standard InChI is InChI=1S/C13H18BrN/c1-2-11-6-7-12(14)10-13(11)15-8-4-3-5-9-15/h6-7,10H,2-5,8-9H2,1H3. The highest BCUT2D eigenvalue weighted by Crippen LogP contribution is 2.27. The SMILES string of the molecule is CCc1ccc(Br)cc1N1CCCCC1. The average molecular weight is 268 g/mol. The second-order valence-electron chi connectivity index (χ2n) is 4.17. The third kappa shape index (κ3) is 2.54. The van der Waals surface area contributed by atoms with Gasteiger partial charge in [-0.05, 0) is 43.4 Å². The summed E-state index contributed by atoms with van der Waals surface area (Å²) in [4.78, 5) is 2.53. The van der Waals surface area contributed by atoms with Crippen molar-refractivity contribution in [1.82, 2.24) is 0 Å². The summed E-state index contributed by atoms with van der Waals surface area (Å²) in [5.74, 6) is 0. The van der Waals surface area contributed by atoms with E-state index < -0.39 is 0 Å². The molecule has 15 heavy (non-hydrogen) atoms. The van der Waals surface area contributed by atoms with Gasteiger partial charge in [0.2, 0.25) is 0 Å². The van der Waals surface area contributed by atoms with Crippen molar-refractivity contribution in [1.29, 1.82) is 0 Å². The van der Waals surface area contributed by atoms with Crippen LogP contribution in [0.2, 0.25) is 0 Å². The molecule has 1 fully saturated rings. The van der Waals surface area contributed by atoms with Crippen LogP contribution in [-0.2, 0) is 6.42 Å². The summed E-state index contributed by atoms with van der Waals surface area (Å²) in [7, 11) is 0. The van der Waals surface area contributed by atoms with Crippen molar-refractivity contribution < 1.29 is 0 Å². The summed E-state index contributed by atoms with van der Waals surface area (Å²) < 4.78 is 1.19. The van der Waals surface area contributed by atoms with E-state index in [9.17, 15) is 0 Å². The summed E-state index contributed by atoms with van der Waals surface area (Å²) in [5.41, 5.74) is 2.91. The molecule has 1 aromatic carbocycles. The molecule has 1 aliphatic rings. The summed E-state index contributed by atoms with van der Waals surface area (Å²) in [5, 5.41) is 0. The van der Waals surface area contributed by atoms with Crippen LogP contribution >= 0.6 is 15.9 Å². The molecule has 0 atom stereocenters. The number of hydrogen-bond donors (Lipinski definition) is 0. The molecule has 0 amide bonds.